The van der Waals surface area contributed by atoms with Gasteiger partial charge in [-0.1, -0.05) is 25.1 Å². The lowest BCUT2D eigenvalue weighted by Gasteiger charge is -2.31. The van der Waals surface area contributed by atoms with Crippen molar-refractivity contribution in [1.29, 1.82) is 0 Å². The van der Waals surface area contributed by atoms with E-state index in [1.165, 1.54) is 24.3 Å². The third kappa shape index (κ3) is 10.0. The van der Waals surface area contributed by atoms with Gasteiger partial charge in [0.05, 0.1) is 50.3 Å². The Labute approximate surface area is 299 Å². The van der Waals surface area contributed by atoms with E-state index in [0.717, 1.165) is 29.7 Å². The van der Waals surface area contributed by atoms with Crippen molar-refractivity contribution in [3.05, 3.63) is 87.0 Å². The van der Waals surface area contributed by atoms with Gasteiger partial charge in [-0.2, -0.15) is 0 Å². The number of anilines is 1. The molecule has 0 spiro atoms. The number of amides is 1. The van der Waals surface area contributed by atoms with E-state index in [-0.39, 0.29) is 60.9 Å². The largest absolute Gasteiger partial charge is 0.464 e. The number of nitro groups is 1. The van der Waals surface area contributed by atoms with Crippen LogP contribution in [0, 0.1) is 15.9 Å². The Morgan fingerprint density at radius 3 is 2.31 bits per heavy atom. The van der Waals surface area contributed by atoms with Crippen LogP contribution in [0.2, 0.25) is 0 Å². The first-order valence-corrected chi connectivity index (χ1v) is 17.4. The van der Waals surface area contributed by atoms with E-state index >= 15 is 0 Å². The Kier molecular flexibility index (Phi) is 13.5. The zero-order chi connectivity index (χ0) is 36.9. The van der Waals surface area contributed by atoms with Crippen LogP contribution in [0.5, 0.6) is 0 Å². The molecule has 4 aromatic rings. The minimum atomic E-state index is -1.33. The van der Waals surface area contributed by atoms with Crippen LogP contribution in [-0.4, -0.2) is 90.4 Å². The lowest BCUT2D eigenvalue weighted by Crippen LogP contribution is -2.55. The standard InChI is InChI=1S/C36H43FN6O9/c1-3-36(35(45)51-4-2,40-34(44)29-12-11-27(25-7-8-25)30(39-29)23-24-5-9-26(37)10-6-24)15-17-48-19-21-50-22-20-49-18-16-38-28-13-14-31(43(46)47)33-32(28)41-52-42-33/h5-6,9-14,25,38H,3-4,7-8,15-23H2,1-2H3,(H,40,44). The monoisotopic (exact) mass is 722 g/mol. The molecule has 1 aliphatic rings. The third-order valence-electron chi connectivity index (χ3n) is 8.74. The summed E-state index contributed by atoms with van der Waals surface area (Å²) in [6.07, 6.45) is 3.03. The lowest BCUT2D eigenvalue weighted by molar-refractivity contribution is -0.383. The maximum absolute atomic E-state index is 13.6. The van der Waals surface area contributed by atoms with Gasteiger partial charge in [0.2, 0.25) is 5.52 Å². The zero-order valence-electron chi connectivity index (χ0n) is 29.2. The van der Waals surface area contributed by atoms with Gasteiger partial charge in [-0.05, 0) is 77.8 Å². The van der Waals surface area contributed by atoms with E-state index in [0.29, 0.717) is 51.0 Å². The van der Waals surface area contributed by atoms with Gasteiger partial charge in [0.25, 0.3) is 5.91 Å². The molecule has 0 radical (unpaired) electrons. The number of non-ortho nitro benzene ring substituents is 1. The minimum absolute atomic E-state index is 0.0681. The number of pyridine rings is 1. The molecule has 5 rings (SSSR count). The Morgan fingerprint density at radius 2 is 1.63 bits per heavy atom. The quantitative estimate of drug-likeness (QED) is 0.0471. The number of carbonyl (C=O) groups is 2. The van der Waals surface area contributed by atoms with Crippen molar-refractivity contribution in [2.75, 3.05) is 58.1 Å². The molecule has 52 heavy (non-hydrogen) atoms. The fraction of sp³-hybridized carbons (Fsp3) is 0.472. The number of nitrogens with one attached hydrogen (secondary N) is 2. The number of benzene rings is 2. The van der Waals surface area contributed by atoms with Gasteiger partial charge in [-0.3, -0.25) is 14.9 Å². The maximum atomic E-state index is 13.6. The number of hydrogen-bond donors (Lipinski definition) is 2. The van der Waals surface area contributed by atoms with Gasteiger partial charge >= 0.3 is 11.7 Å². The number of esters is 1. The summed E-state index contributed by atoms with van der Waals surface area (Å²) in [7, 11) is 0. The van der Waals surface area contributed by atoms with Crippen LogP contribution in [0.3, 0.4) is 0 Å². The number of nitro benzene ring substituents is 1. The molecule has 1 fully saturated rings. The first kappa shape index (κ1) is 38.2. The minimum Gasteiger partial charge on any atom is -0.464 e. The molecule has 0 bridgehead atoms. The molecule has 1 saturated carbocycles. The number of ether oxygens (including phenoxy) is 4. The van der Waals surface area contributed by atoms with Crippen molar-refractivity contribution in [2.45, 2.75) is 57.4 Å². The van der Waals surface area contributed by atoms with Crippen LogP contribution in [0.1, 0.15) is 72.8 Å². The van der Waals surface area contributed by atoms with Crippen LogP contribution < -0.4 is 10.6 Å². The van der Waals surface area contributed by atoms with Gasteiger partial charge in [0.1, 0.15) is 17.1 Å². The third-order valence-corrected chi connectivity index (χ3v) is 8.74. The summed E-state index contributed by atoms with van der Waals surface area (Å²) in [6, 6.07) is 12.7. The van der Waals surface area contributed by atoms with Crippen LogP contribution in [-0.2, 0) is 30.2 Å². The van der Waals surface area contributed by atoms with Crippen molar-refractivity contribution >= 4 is 34.3 Å². The molecule has 1 amide bonds. The molecular formula is C36H43FN6O9. The molecule has 1 aliphatic carbocycles. The summed E-state index contributed by atoms with van der Waals surface area (Å²) < 4.78 is 40.4. The van der Waals surface area contributed by atoms with Crippen LogP contribution in [0.25, 0.3) is 11.0 Å². The summed E-state index contributed by atoms with van der Waals surface area (Å²) in [5, 5.41) is 24.5. The normalized spacial score (nSPS) is 13.8. The molecule has 15 nitrogen and oxygen atoms in total. The lowest BCUT2D eigenvalue weighted by atomic mass is 9.91. The van der Waals surface area contributed by atoms with Crippen molar-refractivity contribution in [1.82, 2.24) is 20.6 Å². The molecular weight excluding hydrogens is 679 g/mol. The highest BCUT2D eigenvalue weighted by molar-refractivity contribution is 5.97. The Hall–Kier alpha value is -5.06. The zero-order valence-corrected chi connectivity index (χ0v) is 29.2. The molecule has 2 N–H and O–H groups in total. The predicted octanol–water partition coefficient (Wildman–Crippen LogP) is 5.13. The highest BCUT2D eigenvalue weighted by atomic mass is 19.1. The van der Waals surface area contributed by atoms with E-state index in [1.54, 1.807) is 32.0 Å². The van der Waals surface area contributed by atoms with Crippen LogP contribution in [0.4, 0.5) is 15.8 Å². The average Bonchev–Trinajstić information content (AvgIpc) is 3.87. The first-order chi connectivity index (χ1) is 25.2. The maximum Gasteiger partial charge on any atom is 0.331 e. The summed E-state index contributed by atoms with van der Waals surface area (Å²) in [6.45, 7) is 5.80. The fourth-order valence-electron chi connectivity index (χ4n) is 5.71. The van der Waals surface area contributed by atoms with Gasteiger partial charge in [0, 0.05) is 37.8 Å². The average molecular weight is 723 g/mol. The van der Waals surface area contributed by atoms with E-state index in [4.69, 9.17) is 23.9 Å². The highest BCUT2D eigenvalue weighted by Gasteiger charge is 2.40. The predicted molar refractivity (Wildman–Crippen MR) is 187 cm³/mol. The van der Waals surface area contributed by atoms with E-state index in [2.05, 4.69) is 25.6 Å². The second-order valence-corrected chi connectivity index (χ2v) is 12.3. The molecule has 2 aromatic heterocycles. The molecule has 278 valence electrons. The van der Waals surface area contributed by atoms with Crippen molar-refractivity contribution in [2.24, 2.45) is 0 Å². The van der Waals surface area contributed by atoms with Gasteiger partial charge in [-0.25, -0.2) is 18.8 Å². The molecule has 2 heterocycles. The molecule has 2 aromatic carbocycles. The van der Waals surface area contributed by atoms with Crippen LogP contribution >= 0.6 is 0 Å². The first-order valence-electron chi connectivity index (χ1n) is 17.4. The number of nitrogens with zero attached hydrogens (tertiary/aromatic N) is 4. The number of halogens is 1. The molecule has 1 atom stereocenters. The van der Waals surface area contributed by atoms with Crippen molar-refractivity contribution in [3.8, 4) is 0 Å². The SMILES string of the molecule is CCOC(=O)C(CC)(CCOCCOCCOCCNc1ccc([N+](=O)[O-])c2nonc12)NC(=O)c1ccc(C2CC2)c(Cc2ccc(F)cc2)n1. The Balaban J connectivity index is 1.04. The van der Waals surface area contributed by atoms with Gasteiger partial charge in [0.15, 0.2) is 5.52 Å². The second kappa shape index (κ2) is 18.4. The fourth-order valence-corrected chi connectivity index (χ4v) is 5.71. The molecule has 0 aliphatic heterocycles. The summed E-state index contributed by atoms with van der Waals surface area (Å²) in [5.74, 6) is -0.962. The number of fused-ring (bicyclic) bond motifs is 1. The Bertz CT molecular complexity index is 1820. The molecule has 1 unspecified atom stereocenters. The van der Waals surface area contributed by atoms with Crippen LogP contribution in [0.15, 0.2) is 53.2 Å². The number of carbonyl (C=O) groups excluding carboxylic acids is 2. The second-order valence-electron chi connectivity index (χ2n) is 12.3. The molecule has 0 saturated heterocycles. The highest BCUT2D eigenvalue weighted by Crippen LogP contribution is 2.41. The summed E-state index contributed by atoms with van der Waals surface area (Å²) >= 11 is 0. The molecule has 16 heteroatoms. The van der Waals surface area contributed by atoms with E-state index in [1.807, 2.05) is 6.07 Å². The summed E-state index contributed by atoms with van der Waals surface area (Å²) in [5.41, 5.74) is 2.28. The topological polar surface area (TPSA) is 190 Å². The van der Waals surface area contributed by atoms with Gasteiger partial charge in [-0.15, -0.1) is 0 Å². The van der Waals surface area contributed by atoms with Crippen molar-refractivity contribution < 1.29 is 42.5 Å². The van der Waals surface area contributed by atoms with E-state index in [9.17, 15) is 24.1 Å². The number of rotatable bonds is 22. The number of hydrogen-bond acceptors (Lipinski definition) is 13. The summed E-state index contributed by atoms with van der Waals surface area (Å²) in [4.78, 5) is 42.1. The van der Waals surface area contributed by atoms with Gasteiger partial charge < -0.3 is 29.6 Å². The van der Waals surface area contributed by atoms with Crippen molar-refractivity contribution in [3.63, 3.8) is 0 Å². The van der Waals surface area contributed by atoms with E-state index < -0.39 is 22.3 Å². The smallest absolute Gasteiger partial charge is 0.331 e. The Morgan fingerprint density at radius 1 is 0.942 bits per heavy atom. The number of aromatic nitrogens is 3.